The van der Waals surface area contributed by atoms with Gasteiger partial charge in [0.25, 0.3) is 0 Å². The number of halogens is 1. The number of nitrogens with one attached hydrogen (secondary N) is 1. The smallest absolute Gasteiger partial charge is 0.230 e. The molecule has 0 saturated carbocycles. The SMILES string of the molecule is Cc1ccc(C)c(-c2ccc(SCC(=O)NCc3ccccc3Cl)nn2)c1. The monoisotopic (exact) mass is 397 g/mol. The Morgan fingerprint density at radius 3 is 2.63 bits per heavy atom. The number of aromatic nitrogens is 2. The minimum absolute atomic E-state index is 0.0691. The maximum absolute atomic E-state index is 12.0. The normalized spacial score (nSPS) is 10.6. The van der Waals surface area contributed by atoms with Gasteiger partial charge in [0.1, 0.15) is 5.03 Å². The molecule has 0 bridgehead atoms. The molecule has 1 N–H and O–H groups in total. The van der Waals surface area contributed by atoms with Crippen molar-refractivity contribution in [2.75, 3.05) is 5.75 Å². The van der Waals surface area contributed by atoms with Gasteiger partial charge >= 0.3 is 0 Å². The fourth-order valence-electron chi connectivity index (χ4n) is 2.58. The molecule has 0 fully saturated rings. The van der Waals surface area contributed by atoms with Crippen molar-refractivity contribution in [3.8, 4) is 11.3 Å². The second kappa shape index (κ2) is 9.02. The standard InChI is InChI=1S/C21H20ClN3OS/c1-14-7-8-15(2)17(11-14)19-9-10-21(25-24-19)27-13-20(26)23-12-16-5-3-4-6-18(16)22/h3-11H,12-13H2,1-2H3,(H,23,26). The molecule has 3 rings (SSSR count). The summed E-state index contributed by atoms with van der Waals surface area (Å²) in [6, 6.07) is 17.6. The van der Waals surface area contributed by atoms with Crippen LogP contribution in [0.2, 0.25) is 5.02 Å². The number of nitrogens with zero attached hydrogens (tertiary/aromatic N) is 2. The quantitative estimate of drug-likeness (QED) is 0.605. The summed E-state index contributed by atoms with van der Waals surface area (Å²) in [5.41, 5.74) is 5.16. The summed E-state index contributed by atoms with van der Waals surface area (Å²) in [5, 5.41) is 12.8. The fraction of sp³-hybridized carbons (Fsp3) is 0.190. The highest BCUT2D eigenvalue weighted by atomic mass is 35.5. The average molecular weight is 398 g/mol. The van der Waals surface area contributed by atoms with Gasteiger partial charge in [0.2, 0.25) is 5.91 Å². The van der Waals surface area contributed by atoms with E-state index in [1.54, 1.807) is 0 Å². The van der Waals surface area contributed by atoms with E-state index in [0.29, 0.717) is 11.6 Å². The van der Waals surface area contributed by atoms with E-state index in [1.165, 1.54) is 17.3 Å². The van der Waals surface area contributed by atoms with E-state index >= 15 is 0 Å². The van der Waals surface area contributed by atoms with E-state index in [2.05, 4.69) is 47.6 Å². The summed E-state index contributed by atoms with van der Waals surface area (Å²) >= 11 is 7.45. The Kier molecular flexibility index (Phi) is 6.48. The van der Waals surface area contributed by atoms with Crippen molar-refractivity contribution in [3.05, 3.63) is 76.3 Å². The van der Waals surface area contributed by atoms with Gasteiger partial charge in [-0.1, -0.05) is 59.3 Å². The molecule has 0 aliphatic rings. The van der Waals surface area contributed by atoms with Gasteiger partial charge < -0.3 is 5.32 Å². The van der Waals surface area contributed by atoms with Crippen LogP contribution in [0.3, 0.4) is 0 Å². The number of benzene rings is 2. The van der Waals surface area contributed by atoms with Gasteiger partial charge in [-0.15, -0.1) is 10.2 Å². The van der Waals surface area contributed by atoms with E-state index < -0.39 is 0 Å². The molecule has 1 amide bonds. The summed E-state index contributed by atoms with van der Waals surface area (Å²) < 4.78 is 0. The van der Waals surface area contributed by atoms with Gasteiger partial charge in [0.15, 0.2) is 0 Å². The molecule has 4 nitrogen and oxygen atoms in total. The van der Waals surface area contributed by atoms with Crippen LogP contribution in [0.1, 0.15) is 16.7 Å². The summed E-state index contributed by atoms with van der Waals surface area (Å²) in [4.78, 5) is 12.0. The fourth-order valence-corrected chi connectivity index (χ4v) is 3.42. The predicted molar refractivity (Wildman–Crippen MR) is 111 cm³/mol. The molecule has 0 spiro atoms. The van der Waals surface area contributed by atoms with E-state index in [1.807, 2.05) is 36.4 Å². The predicted octanol–water partition coefficient (Wildman–Crippen LogP) is 4.82. The van der Waals surface area contributed by atoms with Crippen LogP contribution in [0.5, 0.6) is 0 Å². The molecule has 3 aromatic rings. The Morgan fingerprint density at radius 2 is 1.89 bits per heavy atom. The van der Waals surface area contributed by atoms with Crippen molar-refractivity contribution in [3.63, 3.8) is 0 Å². The highest BCUT2D eigenvalue weighted by Crippen LogP contribution is 2.24. The molecule has 1 heterocycles. The molecule has 6 heteroatoms. The Bertz CT molecular complexity index is 944. The lowest BCUT2D eigenvalue weighted by Crippen LogP contribution is -2.24. The maximum atomic E-state index is 12.0. The first-order valence-corrected chi connectivity index (χ1v) is 9.93. The summed E-state index contributed by atoms with van der Waals surface area (Å²) in [7, 11) is 0. The Balaban J connectivity index is 1.55. The number of hydrogen-bond acceptors (Lipinski definition) is 4. The number of amides is 1. The van der Waals surface area contributed by atoms with Crippen LogP contribution < -0.4 is 5.32 Å². The van der Waals surface area contributed by atoms with E-state index in [-0.39, 0.29) is 11.7 Å². The number of hydrogen-bond donors (Lipinski definition) is 1. The zero-order chi connectivity index (χ0) is 19.2. The third-order valence-corrected chi connectivity index (χ3v) is 5.38. The highest BCUT2D eigenvalue weighted by molar-refractivity contribution is 7.99. The van der Waals surface area contributed by atoms with Crippen molar-refractivity contribution in [1.29, 1.82) is 0 Å². The zero-order valence-electron chi connectivity index (χ0n) is 15.2. The minimum atomic E-state index is -0.0691. The van der Waals surface area contributed by atoms with Crippen LogP contribution in [-0.4, -0.2) is 21.9 Å². The van der Waals surface area contributed by atoms with Crippen LogP contribution in [-0.2, 0) is 11.3 Å². The molecule has 0 radical (unpaired) electrons. The van der Waals surface area contributed by atoms with Gasteiger partial charge in [0.05, 0.1) is 11.4 Å². The van der Waals surface area contributed by atoms with Gasteiger partial charge in [-0.3, -0.25) is 4.79 Å². The topological polar surface area (TPSA) is 54.9 Å². The number of rotatable bonds is 6. The lowest BCUT2D eigenvalue weighted by Gasteiger charge is -2.08. The molecule has 27 heavy (non-hydrogen) atoms. The number of carbonyl (C=O) groups excluding carboxylic acids is 1. The number of carbonyl (C=O) groups is 1. The van der Waals surface area contributed by atoms with E-state index in [0.717, 1.165) is 27.4 Å². The van der Waals surface area contributed by atoms with Crippen LogP contribution in [0.4, 0.5) is 0 Å². The lowest BCUT2D eigenvalue weighted by atomic mass is 10.0. The van der Waals surface area contributed by atoms with Crippen molar-refractivity contribution in [1.82, 2.24) is 15.5 Å². The lowest BCUT2D eigenvalue weighted by molar-refractivity contribution is -0.118. The first kappa shape index (κ1) is 19.4. The maximum Gasteiger partial charge on any atom is 0.230 e. The van der Waals surface area contributed by atoms with Gasteiger partial charge in [-0.05, 0) is 49.2 Å². The summed E-state index contributed by atoms with van der Waals surface area (Å²) in [5.74, 6) is 0.211. The van der Waals surface area contributed by atoms with Crippen molar-refractivity contribution < 1.29 is 4.79 Å². The molecule has 0 aliphatic heterocycles. The molecule has 0 aliphatic carbocycles. The zero-order valence-corrected chi connectivity index (χ0v) is 16.8. The minimum Gasteiger partial charge on any atom is -0.351 e. The Morgan fingerprint density at radius 1 is 1.07 bits per heavy atom. The van der Waals surface area contributed by atoms with Crippen molar-refractivity contribution >= 4 is 29.3 Å². The van der Waals surface area contributed by atoms with Gasteiger partial charge in [0, 0.05) is 17.1 Å². The van der Waals surface area contributed by atoms with Crippen LogP contribution >= 0.6 is 23.4 Å². The molecule has 138 valence electrons. The van der Waals surface area contributed by atoms with Crippen molar-refractivity contribution in [2.45, 2.75) is 25.4 Å². The Labute approximate surface area is 168 Å². The molecule has 1 aromatic heterocycles. The second-order valence-corrected chi connectivity index (χ2v) is 7.63. The average Bonchev–Trinajstić information content (AvgIpc) is 2.68. The molecule has 2 aromatic carbocycles. The van der Waals surface area contributed by atoms with E-state index in [9.17, 15) is 4.79 Å². The number of thioether (sulfide) groups is 1. The third-order valence-electron chi connectivity index (χ3n) is 4.09. The summed E-state index contributed by atoms with van der Waals surface area (Å²) in [6.07, 6.45) is 0. The Hall–Kier alpha value is -2.37. The molecule has 0 atom stereocenters. The van der Waals surface area contributed by atoms with Crippen LogP contribution in [0.25, 0.3) is 11.3 Å². The number of aryl methyl sites for hydroxylation is 2. The molecule has 0 saturated heterocycles. The first-order valence-electron chi connectivity index (χ1n) is 8.57. The second-order valence-electron chi connectivity index (χ2n) is 6.23. The molecule has 0 unspecified atom stereocenters. The van der Waals surface area contributed by atoms with E-state index in [4.69, 9.17) is 11.6 Å². The first-order chi connectivity index (χ1) is 13.0. The molecular weight excluding hydrogens is 378 g/mol. The van der Waals surface area contributed by atoms with Crippen LogP contribution in [0, 0.1) is 13.8 Å². The van der Waals surface area contributed by atoms with Crippen LogP contribution in [0.15, 0.2) is 59.6 Å². The largest absolute Gasteiger partial charge is 0.351 e. The highest BCUT2D eigenvalue weighted by Gasteiger charge is 2.08. The van der Waals surface area contributed by atoms with Crippen molar-refractivity contribution in [2.24, 2.45) is 0 Å². The summed E-state index contributed by atoms with van der Waals surface area (Å²) in [6.45, 7) is 4.53. The molecular formula is C21H20ClN3OS. The third kappa shape index (κ3) is 5.31. The van der Waals surface area contributed by atoms with Gasteiger partial charge in [-0.25, -0.2) is 0 Å². The van der Waals surface area contributed by atoms with Gasteiger partial charge in [-0.2, -0.15) is 0 Å².